The van der Waals surface area contributed by atoms with Crippen molar-refractivity contribution in [2.75, 3.05) is 18.4 Å². The zero-order chi connectivity index (χ0) is 18.8. The Balaban J connectivity index is 1.60. The molecule has 1 aliphatic rings. The molecule has 0 radical (unpaired) electrons. The van der Waals surface area contributed by atoms with E-state index in [0.717, 1.165) is 36.4 Å². The lowest BCUT2D eigenvalue weighted by Crippen LogP contribution is -2.21. The van der Waals surface area contributed by atoms with Gasteiger partial charge in [0.05, 0.1) is 0 Å². The molecule has 27 heavy (non-hydrogen) atoms. The fraction of sp³-hybridized carbons (Fsp3) is 0.400. The van der Waals surface area contributed by atoms with Crippen LogP contribution in [0.25, 0.3) is 5.65 Å². The van der Waals surface area contributed by atoms with Gasteiger partial charge in [-0.25, -0.2) is 0 Å². The van der Waals surface area contributed by atoms with Crippen molar-refractivity contribution in [3.05, 3.63) is 53.5 Å². The molecule has 2 aromatic heterocycles. The summed E-state index contributed by atoms with van der Waals surface area (Å²) in [6.45, 7) is 7.22. The van der Waals surface area contributed by atoms with Crippen LogP contribution < -0.4 is 5.32 Å². The summed E-state index contributed by atoms with van der Waals surface area (Å²) in [5, 5.41) is 15.4. The van der Waals surface area contributed by atoms with Gasteiger partial charge in [-0.2, -0.15) is 9.61 Å². The zero-order valence-corrected chi connectivity index (χ0v) is 15.7. The molecule has 4 rings (SSSR count). The van der Waals surface area contributed by atoms with Crippen LogP contribution in [0.1, 0.15) is 54.2 Å². The number of rotatable bonds is 5. The average molecular weight is 364 g/mol. The lowest BCUT2D eigenvalue weighted by Gasteiger charge is -2.18. The number of likely N-dealkylation sites (tertiary alicyclic amines) is 1. The number of fused-ring (bicyclic) bond motifs is 1. The second-order valence-corrected chi connectivity index (χ2v) is 7.33. The molecule has 7 heteroatoms. The van der Waals surface area contributed by atoms with Crippen LogP contribution in [0, 0.1) is 0 Å². The third-order valence-corrected chi connectivity index (χ3v) is 5.01. The molecular weight excluding hydrogens is 340 g/mol. The van der Waals surface area contributed by atoms with Gasteiger partial charge in [-0.3, -0.25) is 9.69 Å². The summed E-state index contributed by atoms with van der Waals surface area (Å²) < 4.78 is 1.57. The molecule has 140 valence electrons. The van der Waals surface area contributed by atoms with Crippen LogP contribution >= 0.6 is 0 Å². The normalized spacial score (nSPS) is 14.9. The molecular formula is C20H24N6O. The van der Waals surface area contributed by atoms with Crippen molar-refractivity contribution in [3.63, 3.8) is 0 Å². The smallest absolute Gasteiger partial charge is 0.276 e. The molecule has 1 saturated heterocycles. The molecule has 7 nitrogen and oxygen atoms in total. The highest BCUT2D eigenvalue weighted by Crippen LogP contribution is 2.22. The summed E-state index contributed by atoms with van der Waals surface area (Å²) >= 11 is 0. The number of amides is 1. The number of hydrogen-bond donors (Lipinski definition) is 1. The first-order valence-corrected chi connectivity index (χ1v) is 9.44. The van der Waals surface area contributed by atoms with E-state index in [1.165, 1.54) is 19.2 Å². The Morgan fingerprint density at radius 3 is 2.78 bits per heavy atom. The second kappa shape index (κ2) is 7.44. The topological polar surface area (TPSA) is 75.4 Å². The van der Waals surface area contributed by atoms with E-state index >= 15 is 0 Å². The summed E-state index contributed by atoms with van der Waals surface area (Å²) in [7, 11) is 0. The minimum atomic E-state index is -0.221. The molecule has 0 aliphatic carbocycles. The number of nitrogens with zero attached hydrogens (tertiary/aromatic N) is 5. The summed E-state index contributed by atoms with van der Waals surface area (Å²) in [6, 6.07) is 9.79. The monoisotopic (exact) mass is 364 g/mol. The highest BCUT2D eigenvalue weighted by molar-refractivity contribution is 6.03. The number of nitrogens with one attached hydrogen (secondary N) is 1. The minimum Gasteiger partial charge on any atom is -0.320 e. The van der Waals surface area contributed by atoms with E-state index in [9.17, 15) is 4.79 Å². The highest BCUT2D eigenvalue weighted by atomic mass is 16.1. The molecule has 0 saturated carbocycles. The molecule has 3 aromatic rings. The standard InChI is InChI=1S/C20H24N6O/c1-14(2)16-11-18(24-26-13-21-23-19(16)26)20(27)22-17-8-4-3-7-15(17)12-25-9-5-6-10-25/h3-4,7-8,11,13-14H,5-6,9-10,12H2,1-2H3,(H,22,27). The van der Waals surface area contributed by atoms with Crippen molar-refractivity contribution < 1.29 is 4.79 Å². The quantitative estimate of drug-likeness (QED) is 0.753. The summed E-state index contributed by atoms with van der Waals surface area (Å²) in [4.78, 5) is 15.3. The Morgan fingerprint density at radius 2 is 2.00 bits per heavy atom. The Morgan fingerprint density at radius 1 is 1.22 bits per heavy atom. The Hall–Kier alpha value is -2.80. The molecule has 3 heterocycles. The lowest BCUT2D eigenvalue weighted by atomic mass is 10.0. The van der Waals surface area contributed by atoms with Gasteiger partial charge < -0.3 is 5.32 Å². The molecule has 0 spiro atoms. The predicted octanol–water partition coefficient (Wildman–Crippen LogP) is 3.10. The van der Waals surface area contributed by atoms with Gasteiger partial charge in [-0.15, -0.1) is 10.2 Å². The van der Waals surface area contributed by atoms with Crippen LogP contribution in [0.3, 0.4) is 0 Å². The van der Waals surface area contributed by atoms with Gasteiger partial charge in [0, 0.05) is 17.8 Å². The molecule has 0 atom stereocenters. The van der Waals surface area contributed by atoms with E-state index in [-0.39, 0.29) is 11.8 Å². The van der Waals surface area contributed by atoms with Gasteiger partial charge in [-0.05, 0) is 49.5 Å². The van der Waals surface area contributed by atoms with E-state index in [1.807, 2.05) is 24.3 Å². The Bertz CT molecular complexity index is 958. The SMILES string of the molecule is CC(C)c1cc(C(=O)Nc2ccccc2CN2CCCC2)nn2cnnc12. The maximum Gasteiger partial charge on any atom is 0.276 e. The van der Waals surface area contributed by atoms with Crippen molar-refractivity contribution in [3.8, 4) is 0 Å². The van der Waals surface area contributed by atoms with Crippen LogP contribution in [0.2, 0.25) is 0 Å². The van der Waals surface area contributed by atoms with Crippen LogP contribution in [-0.4, -0.2) is 43.7 Å². The summed E-state index contributed by atoms with van der Waals surface area (Å²) in [6.07, 6.45) is 4.02. The number of carbonyl (C=O) groups excluding carboxylic acids is 1. The molecule has 1 aliphatic heterocycles. The van der Waals surface area contributed by atoms with Crippen LogP contribution in [0.5, 0.6) is 0 Å². The van der Waals surface area contributed by atoms with Gasteiger partial charge in [0.25, 0.3) is 5.91 Å². The molecule has 1 amide bonds. The molecule has 0 unspecified atom stereocenters. The Labute approximate surface area is 158 Å². The van der Waals surface area contributed by atoms with Gasteiger partial charge in [0.1, 0.15) is 12.0 Å². The first kappa shape index (κ1) is 17.6. The van der Waals surface area contributed by atoms with Crippen molar-refractivity contribution in [2.45, 2.75) is 39.2 Å². The van der Waals surface area contributed by atoms with E-state index in [4.69, 9.17) is 0 Å². The van der Waals surface area contributed by atoms with E-state index in [2.05, 4.69) is 45.4 Å². The van der Waals surface area contributed by atoms with Crippen molar-refractivity contribution in [2.24, 2.45) is 0 Å². The maximum atomic E-state index is 12.9. The third kappa shape index (κ3) is 3.68. The Kier molecular flexibility index (Phi) is 4.85. The molecule has 1 aromatic carbocycles. The minimum absolute atomic E-state index is 0.216. The molecule has 1 fully saturated rings. The predicted molar refractivity (Wildman–Crippen MR) is 104 cm³/mol. The van der Waals surface area contributed by atoms with Crippen LogP contribution in [0.15, 0.2) is 36.7 Å². The van der Waals surface area contributed by atoms with Gasteiger partial charge in [0.2, 0.25) is 0 Å². The first-order valence-electron chi connectivity index (χ1n) is 9.44. The third-order valence-electron chi connectivity index (χ3n) is 5.01. The van der Waals surface area contributed by atoms with Crippen LogP contribution in [0.4, 0.5) is 5.69 Å². The summed E-state index contributed by atoms with van der Waals surface area (Å²) in [5.41, 5.74) is 3.98. The van der Waals surface area contributed by atoms with Gasteiger partial charge >= 0.3 is 0 Å². The number of anilines is 1. The van der Waals surface area contributed by atoms with E-state index in [0.29, 0.717) is 11.3 Å². The average Bonchev–Trinajstić information content (AvgIpc) is 3.33. The maximum absolute atomic E-state index is 12.9. The summed E-state index contributed by atoms with van der Waals surface area (Å²) in [5.74, 6) is -0.00456. The fourth-order valence-corrected chi connectivity index (χ4v) is 3.53. The number of para-hydroxylation sites is 1. The van der Waals surface area contributed by atoms with Gasteiger partial charge in [-0.1, -0.05) is 32.0 Å². The zero-order valence-electron chi connectivity index (χ0n) is 15.7. The fourth-order valence-electron chi connectivity index (χ4n) is 3.53. The number of hydrogen-bond acceptors (Lipinski definition) is 5. The first-order chi connectivity index (χ1) is 13.1. The second-order valence-electron chi connectivity index (χ2n) is 7.33. The van der Waals surface area contributed by atoms with Crippen molar-refractivity contribution in [1.29, 1.82) is 0 Å². The molecule has 1 N–H and O–H groups in total. The van der Waals surface area contributed by atoms with Crippen LogP contribution in [-0.2, 0) is 6.54 Å². The number of benzene rings is 1. The highest BCUT2D eigenvalue weighted by Gasteiger charge is 2.18. The van der Waals surface area contributed by atoms with Crippen molar-refractivity contribution in [1.82, 2.24) is 24.7 Å². The largest absolute Gasteiger partial charge is 0.320 e. The number of carbonyl (C=O) groups is 1. The van der Waals surface area contributed by atoms with Gasteiger partial charge in [0.15, 0.2) is 5.65 Å². The van der Waals surface area contributed by atoms with E-state index < -0.39 is 0 Å². The number of aromatic nitrogens is 4. The molecule has 0 bridgehead atoms. The van der Waals surface area contributed by atoms with Crippen molar-refractivity contribution >= 4 is 17.2 Å². The van der Waals surface area contributed by atoms with E-state index in [1.54, 1.807) is 4.52 Å². The lowest BCUT2D eigenvalue weighted by molar-refractivity contribution is 0.102.